The summed E-state index contributed by atoms with van der Waals surface area (Å²) in [7, 11) is -2.98. The average Bonchev–Trinajstić information content (AvgIpc) is 2.39. The van der Waals surface area contributed by atoms with E-state index in [-0.39, 0.29) is 5.75 Å². The molecule has 106 valence electrons. The van der Waals surface area contributed by atoms with Crippen molar-refractivity contribution in [2.45, 2.75) is 45.6 Å². The Morgan fingerprint density at radius 3 is 2.33 bits per heavy atom. The molecule has 1 saturated carbocycles. The molecule has 0 spiro atoms. The summed E-state index contributed by atoms with van der Waals surface area (Å²) in [6, 6.07) is 0.695. The van der Waals surface area contributed by atoms with Gasteiger partial charge < -0.3 is 0 Å². The standard InChI is InChI=1S/C13H26N2O2S/c1-3-18(16,17)15-9-7-14(8-10-15)13-6-4-5-12(2)11-13/h12-13H,3-11H2,1-2H3/t12-,13-/m0/s1. The van der Waals surface area contributed by atoms with E-state index in [1.165, 1.54) is 25.7 Å². The summed E-state index contributed by atoms with van der Waals surface area (Å²) in [5, 5.41) is 0. The van der Waals surface area contributed by atoms with Crippen molar-refractivity contribution in [3.8, 4) is 0 Å². The Morgan fingerprint density at radius 2 is 1.78 bits per heavy atom. The third-order valence-corrected chi connectivity index (χ3v) is 6.34. The second-order valence-electron chi connectivity index (χ2n) is 5.76. The van der Waals surface area contributed by atoms with E-state index in [2.05, 4.69) is 11.8 Å². The van der Waals surface area contributed by atoms with Crippen LogP contribution in [0, 0.1) is 5.92 Å². The molecule has 5 heteroatoms. The first-order chi connectivity index (χ1) is 8.53. The van der Waals surface area contributed by atoms with Crippen molar-refractivity contribution in [2.24, 2.45) is 5.92 Å². The van der Waals surface area contributed by atoms with Crippen molar-refractivity contribution < 1.29 is 8.42 Å². The molecule has 2 aliphatic rings. The number of piperazine rings is 1. The van der Waals surface area contributed by atoms with Gasteiger partial charge in [0, 0.05) is 32.2 Å². The van der Waals surface area contributed by atoms with Crippen LogP contribution >= 0.6 is 0 Å². The maximum atomic E-state index is 11.8. The molecule has 0 aromatic rings. The van der Waals surface area contributed by atoms with Gasteiger partial charge in [0.05, 0.1) is 5.75 Å². The molecule has 1 aliphatic heterocycles. The molecule has 0 radical (unpaired) electrons. The lowest BCUT2D eigenvalue weighted by atomic mass is 9.86. The molecule has 0 amide bonds. The van der Waals surface area contributed by atoms with Crippen LogP contribution in [-0.4, -0.2) is 55.6 Å². The third kappa shape index (κ3) is 3.25. The van der Waals surface area contributed by atoms with Crippen LogP contribution in [0.5, 0.6) is 0 Å². The number of rotatable bonds is 3. The molecule has 2 rings (SSSR count). The van der Waals surface area contributed by atoms with Crippen LogP contribution in [0.25, 0.3) is 0 Å². The van der Waals surface area contributed by atoms with Gasteiger partial charge in [-0.2, -0.15) is 4.31 Å². The Labute approximate surface area is 111 Å². The topological polar surface area (TPSA) is 40.6 Å². The van der Waals surface area contributed by atoms with Crippen LogP contribution in [0.1, 0.15) is 39.5 Å². The summed E-state index contributed by atoms with van der Waals surface area (Å²) in [5.41, 5.74) is 0. The highest BCUT2D eigenvalue weighted by molar-refractivity contribution is 7.89. The van der Waals surface area contributed by atoms with Gasteiger partial charge in [0.2, 0.25) is 10.0 Å². The van der Waals surface area contributed by atoms with E-state index in [0.717, 1.165) is 19.0 Å². The highest BCUT2D eigenvalue weighted by Crippen LogP contribution is 2.28. The molecule has 0 aromatic heterocycles. The summed E-state index contributed by atoms with van der Waals surface area (Å²) in [6.45, 7) is 7.25. The molecule has 2 fully saturated rings. The zero-order chi connectivity index (χ0) is 13.2. The second-order valence-corrected chi connectivity index (χ2v) is 8.02. The normalized spacial score (nSPS) is 32.6. The van der Waals surface area contributed by atoms with Crippen molar-refractivity contribution in [1.82, 2.24) is 9.21 Å². The first-order valence-electron chi connectivity index (χ1n) is 7.25. The number of nitrogens with zero attached hydrogens (tertiary/aromatic N) is 2. The van der Waals surface area contributed by atoms with E-state index in [4.69, 9.17) is 0 Å². The molecule has 1 saturated heterocycles. The van der Waals surface area contributed by atoms with Gasteiger partial charge in [-0.1, -0.05) is 19.8 Å². The summed E-state index contributed by atoms with van der Waals surface area (Å²) in [6.07, 6.45) is 5.28. The summed E-state index contributed by atoms with van der Waals surface area (Å²) < 4.78 is 25.3. The van der Waals surface area contributed by atoms with Crippen LogP contribution in [0.4, 0.5) is 0 Å². The molecule has 2 atom stereocenters. The quantitative estimate of drug-likeness (QED) is 0.784. The lowest BCUT2D eigenvalue weighted by Gasteiger charge is -2.41. The molecule has 0 aromatic carbocycles. The van der Waals surface area contributed by atoms with Crippen molar-refractivity contribution in [1.29, 1.82) is 0 Å². The highest BCUT2D eigenvalue weighted by atomic mass is 32.2. The van der Waals surface area contributed by atoms with Gasteiger partial charge in [-0.3, -0.25) is 4.90 Å². The van der Waals surface area contributed by atoms with Gasteiger partial charge in [-0.05, 0) is 25.7 Å². The molecule has 0 N–H and O–H groups in total. The Morgan fingerprint density at radius 1 is 1.11 bits per heavy atom. The number of hydrogen-bond donors (Lipinski definition) is 0. The molecular weight excluding hydrogens is 248 g/mol. The first kappa shape index (κ1) is 14.3. The van der Waals surface area contributed by atoms with Crippen molar-refractivity contribution in [3.63, 3.8) is 0 Å². The lowest BCUT2D eigenvalue weighted by Crippen LogP contribution is -2.52. The highest BCUT2D eigenvalue weighted by Gasteiger charge is 2.30. The van der Waals surface area contributed by atoms with Crippen LogP contribution in [0.15, 0.2) is 0 Å². The SMILES string of the molecule is CCS(=O)(=O)N1CCN([C@H]2CCC[C@H](C)C2)CC1. The predicted octanol–water partition coefficient (Wildman–Crippen LogP) is 1.53. The lowest BCUT2D eigenvalue weighted by molar-refractivity contribution is 0.0967. The van der Waals surface area contributed by atoms with Gasteiger partial charge in [0.15, 0.2) is 0 Å². The fraction of sp³-hybridized carbons (Fsp3) is 1.00. The van der Waals surface area contributed by atoms with E-state index >= 15 is 0 Å². The van der Waals surface area contributed by atoms with Crippen LogP contribution in [0.3, 0.4) is 0 Å². The van der Waals surface area contributed by atoms with E-state index in [1.54, 1.807) is 11.2 Å². The third-order valence-electron chi connectivity index (χ3n) is 4.46. The minimum absolute atomic E-state index is 0.230. The maximum absolute atomic E-state index is 11.8. The first-order valence-corrected chi connectivity index (χ1v) is 8.85. The second kappa shape index (κ2) is 5.88. The molecule has 0 bridgehead atoms. The van der Waals surface area contributed by atoms with Gasteiger partial charge in [-0.25, -0.2) is 8.42 Å². The Kier molecular flexibility index (Phi) is 4.67. The number of sulfonamides is 1. The summed E-state index contributed by atoms with van der Waals surface area (Å²) >= 11 is 0. The molecular formula is C13H26N2O2S. The van der Waals surface area contributed by atoms with Crippen molar-refractivity contribution in [2.75, 3.05) is 31.9 Å². The Balaban J connectivity index is 1.86. The largest absolute Gasteiger partial charge is 0.298 e. The molecule has 4 nitrogen and oxygen atoms in total. The fourth-order valence-electron chi connectivity index (χ4n) is 3.26. The van der Waals surface area contributed by atoms with Crippen molar-refractivity contribution >= 4 is 10.0 Å². The van der Waals surface area contributed by atoms with E-state index in [1.807, 2.05) is 0 Å². The average molecular weight is 274 g/mol. The smallest absolute Gasteiger partial charge is 0.213 e. The molecule has 1 aliphatic carbocycles. The monoisotopic (exact) mass is 274 g/mol. The predicted molar refractivity (Wildman–Crippen MR) is 74.0 cm³/mol. The zero-order valence-electron chi connectivity index (χ0n) is 11.6. The summed E-state index contributed by atoms with van der Waals surface area (Å²) in [5.74, 6) is 1.06. The maximum Gasteiger partial charge on any atom is 0.213 e. The van der Waals surface area contributed by atoms with Crippen LogP contribution in [0.2, 0.25) is 0 Å². The van der Waals surface area contributed by atoms with Crippen LogP contribution < -0.4 is 0 Å². The van der Waals surface area contributed by atoms with Crippen LogP contribution in [-0.2, 0) is 10.0 Å². The van der Waals surface area contributed by atoms with E-state index in [9.17, 15) is 8.42 Å². The van der Waals surface area contributed by atoms with Gasteiger partial charge in [-0.15, -0.1) is 0 Å². The zero-order valence-corrected chi connectivity index (χ0v) is 12.5. The van der Waals surface area contributed by atoms with E-state index < -0.39 is 10.0 Å². The molecule has 18 heavy (non-hydrogen) atoms. The summed E-state index contributed by atoms with van der Waals surface area (Å²) in [4.78, 5) is 2.51. The van der Waals surface area contributed by atoms with Gasteiger partial charge >= 0.3 is 0 Å². The van der Waals surface area contributed by atoms with Crippen molar-refractivity contribution in [3.05, 3.63) is 0 Å². The van der Waals surface area contributed by atoms with Gasteiger partial charge in [0.25, 0.3) is 0 Å². The Bertz CT molecular complexity index is 361. The minimum Gasteiger partial charge on any atom is -0.298 e. The Hall–Kier alpha value is -0.130. The molecule has 1 heterocycles. The van der Waals surface area contributed by atoms with E-state index in [0.29, 0.717) is 19.1 Å². The number of hydrogen-bond acceptors (Lipinski definition) is 3. The minimum atomic E-state index is -2.98. The molecule has 0 unspecified atom stereocenters. The van der Waals surface area contributed by atoms with Gasteiger partial charge in [0.1, 0.15) is 0 Å². The fourth-order valence-corrected chi connectivity index (χ4v) is 4.35.